The van der Waals surface area contributed by atoms with E-state index in [0.29, 0.717) is 0 Å². The van der Waals surface area contributed by atoms with E-state index >= 15 is 0 Å². The molecule has 0 saturated carbocycles. The summed E-state index contributed by atoms with van der Waals surface area (Å²) in [6.45, 7) is 0. The molecule has 0 aliphatic carbocycles. The molecule has 82 valence electrons. The molecule has 0 heterocycles. The van der Waals surface area contributed by atoms with E-state index < -0.39 is 14.9 Å². The molecule has 0 saturated heterocycles. The number of nitro groups is 1. The molecule has 0 unspecified atom stereocenters. The van der Waals surface area contributed by atoms with Crippen molar-refractivity contribution in [1.29, 1.82) is 0 Å². The lowest BCUT2D eigenvalue weighted by molar-refractivity contribution is -0.384. The van der Waals surface area contributed by atoms with Gasteiger partial charge in [0.25, 0.3) is 15.7 Å². The van der Waals surface area contributed by atoms with Crippen LogP contribution in [0.4, 0.5) is 11.4 Å². The summed E-state index contributed by atoms with van der Waals surface area (Å²) < 4.78 is 21.8. The summed E-state index contributed by atoms with van der Waals surface area (Å²) in [7, 11) is -3.83. The Labute approximate surface area is 85.7 Å². The third-order valence-electron chi connectivity index (χ3n) is 1.58. The molecule has 0 bridgehead atoms. The van der Waals surface area contributed by atoms with Gasteiger partial charge in [-0.15, -0.1) is 4.47 Å². The minimum Gasteiger partial charge on any atom is -0.274 e. The van der Waals surface area contributed by atoms with Crippen LogP contribution >= 0.6 is 0 Å². The molecule has 15 heavy (non-hydrogen) atoms. The van der Waals surface area contributed by atoms with Crippen molar-refractivity contribution < 1.29 is 18.5 Å². The van der Waals surface area contributed by atoms with Gasteiger partial charge in [0.1, 0.15) is 0 Å². The Balaban J connectivity index is 3.17. The van der Waals surface area contributed by atoms with Crippen molar-refractivity contribution >= 4 is 21.4 Å². The molecule has 1 rings (SSSR count). The standard InChI is InChI=1S/C7H8N2O5S/c1-15(13,14)9(12)7-4-2-3-6(5-7)8(10)11/h2-5,12H,1H3. The maximum Gasteiger partial charge on any atom is 0.271 e. The number of rotatable bonds is 3. The van der Waals surface area contributed by atoms with Gasteiger partial charge in [0.2, 0.25) is 0 Å². The van der Waals surface area contributed by atoms with Crippen molar-refractivity contribution in [2.45, 2.75) is 0 Å². The molecule has 0 atom stereocenters. The van der Waals surface area contributed by atoms with E-state index in [4.69, 9.17) is 0 Å². The first-order valence-corrected chi connectivity index (χ1v) is 5.61. The Hall–Kier alpha value is -1.67. The Morgan fingerprint density at radius 1 is 1.47 bits per heavy atom. The maximum absolute atomic E-state index is 10.9. The fraction of sp³-hybridized carbons (Fsp3) is 0.143. The van der Waals surface area contributed by atoms with E-state index in [0.717, 1.165) is 12.3 Å². The van der Waals surface area contributed by atoms with Gasteiger partial charge in [0, 0.05) is 12.1 Å². The van der Waals surface area contributed by atoms with Crippen LogP contribution in [0.5, 0.6) is 0 Å². The van der Waals surface area contributed by atoms with Crippen molar-refractivity contribution in [1.82, 2.24) is 0 Å². The second kappa shape index (κ2) is 3.83. The highest BCUT2D eigenvalue weighted by Crippen LogP contribution is 2.21. The molecule has 0 aliphatic rings. The molecule has 1 N–H and O–H groups in total. The van der Waals surface area contributed by atoms with Crippen molar-refractivity contribution in [2.75, 3.05) is 10.7 Å². The predicted octanol–water partition coefficient (Wildman–Crippen LogP) is 0.750. The molecule has 7 nitrogen and oxygen atoms in total. The molecular formula is C7H8N2O5S. The maximum atomic E-state index is 10.9. The Kier molecular flexibility index (Phi) is 2.91. The number of nitrogens with zero attached hydrogens (tertiary/aromatic N) is 2. The SMILES string of the molecule is CS(=O)(=O)N(O)c1cccc([N+](=O)[O-])c1. The fourth-order valence-corrected chi connectivity index (χ4v) is 1.41. The van der Waals surface area contributed by atoms with Crippen LogP contribution in [-0.2, 0) is 10.0 Å². The lowest BCUT2D eigenvalue weighted by Crippen LogP contribution is -2.25. The summed E-state index contributed by atoms with van der Waals surface area (Å²) in [5.74, 6) is 0. The first-order valence-electron chi connectivity index (χ1n) is 3.76. The first-order chi connectivity index (χ1) is 6.82. The second-order valence-electron chi connectivity index (χ2n) is 2.78. The highest BCUT2D eigenvalue weighted by molar-refractivity contribution is 7.91. The lowest BCUT2D eigenvalue weighted by Gasteiger charge is -2.13. The van der Waals surface area contributed by atoms with Crippen molar-refractivity contribution in [2.24, 2.45) is 0 Å². The van der Waals surface area contributed by atoms with Gasteiger partial charge in [-0.1, -0.05) is 6.07 Å². The van der Waals surface area contributed by atoms with Crippen LogP contribution in [0.2, 0.25) is 0 Å². The highest BCUT2D eigenvalue weighted by atomic mass is 32.2. The van der Waals surface area contributed by atoms with Crippen molar-refractivity contribution in [3.8, 4) is 0 Å². The van der Waals surface area contributed by atoms with Gasteiger partial charge in [-0.3, -0.25) is 15.3 Å². The zero-order valence-electron chi connectivity index (χ0n) is 7.69. The smallest absolute Gasteiger partial charge is 0.271 e. The second-order valence-corrected chi connectivity index (χ2v) is 4.59. The average molecular weight is 232 g/mol. The quantitative estimate of drug-likeness (QED) is 0.612. The van der Waals surface area contributed by atoms with Crippen LogP contribution in [-0.4, -0.2) is 24.8 Å². The molecule has 8 heteroatoms. The van der Waals surface area contributed by atoms with Crippen LogP contribution in [0.15, 0.2) is 24.3 Å². The zero-order valence-corrected chi connectivity index (χ0v) is 8.51. The normalized spacial score (nSPS) is 11.1. The van der Waals surface area contributed by atoms with E-state index in [1.54, 1.807) is 0 Å². The summed E-state index contributed by atoms with van der Waals surface area (Å²) in [5, 5.41) is 19.6. The fourth-order valence-electron chi connectivity index (χ4n) is 0.917. The number of anilines is 1. The van der Waals surface area contributed by atoms with E-state index in [1.807, 2.05) is 0 Å². The molecule has 0 spiro atoms. The van der Waals surface area contributed by atoms with E-state index in [2.05, 4.69) is 0 Å². The minimum atomic E-state index is -3.83. The van der Waals surface area contributed by atoms with Crippen LogP contribution in [0.1, 0.15) is 0 Å². The van der Waals surface area contributed by atoms with Gasteiger partial charge in [-0.2, -0.15) is 0 Å². The average Bonchev–Trinajstić information content (AvgIpc) is 2.15. The van der Waals surface area contributed by atoms with E-state index in [9.17, 15) is 23.7 Å². The summed E-state index contributed by atoms with van der Waals surface area (Å²) in [6.07, 6.45) is 0.784. The zero-order chi connectivity index (χ0) is 11.6. The van der Waals surface area contributed by atoms with Crippen LogP contribution < -0.4 is 4.47 Å². The number of sulfonamides is 1. The molecule has 0 aliphatic heterocycles. The molecule has 0 aromatic heterocycles. The summed E-state index contributed by atoms with van der Waals surface area (Å²) in [5.41, 5.74) is -0.470. The monoisotopic (exact) mass is 232 g/mol. The lowest BCUT2D eigenvalue weighted by atomic mass is 10.3. The molecule has 1 aromatic rings. The first kappa shape index (κ1) is 11.4. The van der Waals surface area contributed by atoms with Crippen molar-refractivity contribution in [3.05, 3.63) is 34.4 Å². The number of benzene rings is 1. The van der Waals surface area contributed by atoms with Gasteiger partial charge >= 0.3 is 0 Å². The Morgan fingerprint density at radius 3 is 2.53 bits per heavy atom. The number of hydrogen-bond acceptors (Lipinski definition) is 5. The molecular weight excluding hydrogens is 224 g/mol. The Bertz CT molecular complexity index is 484. The minimum absolute atomic E-state index is 0.0139. The van der Waals surface area contributed by atoms with Crippen LogP contribution in [0.3, 0.4) is 0 Å². The number of non-ortho nitro benzene ring substituents is 1. The van der Waals surface area contributed by atoms with Crippen LogP contribution in [0.25, 0.3) is 0 Å². The van der Waals surface area contributed by atoms with Crippen molar-refractivity contribution in [3.63, 3.8) is 0 Å². The molecule has 0 fully saturated rings. The Morgan fingerprint density at radius 2 is 2.07 bits per heavy atom. The predicted molar refractivity (Wildman–Crippen MR) is 52.2 cm³/mol. The molecule has 0 radical (unpaired) electrons. The van der Waals surface area contributed by atoms with Gasteiger partial charge in [-0.25, -0.2) is 8.42 Å². The highest BCUT2D eigenvalue weighted by Gasteiger charge is 2.16. The molecule has 0 amide bonds. The number of nitro benzene ring substituents is 1. The third-order valence-corrected chi connectivity index (χ3v) is 2.41. The van der Waals surface area contributed by atoms with Gasteiger partial charge in [0.05, 0.1) is 16.9 Å². The van der Waals surface area contributed by atoms with E-state index in [-0.39, 0.29) is 15.8 Å². The summed E-state index contributed by atoms with van der Waals surface area (Å²) in [4.78, 5) is 9.70. The van der Waals surface area contributed by atoms with E-state index in [1.165, 1.54) is 18.2 Å². The van der Waals surface area contributed by atoms with Gasteiger partial charge in [0.15, 0.2) is 0 Å². The third kappa shape index (κ3) is 2.64. The topological polar surface area (TPSA) is 101 Å². The van der Waals surface area contributed by atoms with Gasteiger partial charge < -0.3 is 0 Å². The summed E-state index contributed by atoms with van der Waals surface area (Å²) >= 11 is 0. The van der Waals surface area contributed by atoms with Crippen LogP contribution in [0, 0.1) is 10.1 Å². The largest absolute Gasteiger partial charge is 0.274 e. The summed E-state index contributed by atoms with van der Waals surface area (Å²) in [6, 6.07) is 4.68. The molecule has 1 aromatic carbocycles. The van der Waals surface area contributed by atoms with Gasteiger partial charge in [-0.05, 0) is 6.07 Å². The number of hydrogen-bond donors (Lipinski definition) is 1.